The third-order valence-electron chi connectivity index (χ3n) is 5.60. The summed E-state index contributed by atoms with van der Waals surface area (Å²) in [4.78, 5) is 2.96. The van der Waals surface area contributed by atoms with Crippen molar-refractivity contribution in [2.75, 3.05) is 47.4 Å². The van der Waals surface area contributed by atoms with Crippen LogP contribution in [0.4, 0.5) is 0 Å². The van der Waals surface area contributed by atoms with Crippen molar-refractivity contribution in [3.8, 4) is 11.5 Å². The zero-order chi connectivity index (χ0) is 20.2. The number of hydrogen-bond donors (Lipinski definition) is 2. The second-order valence-corrected chi connectivity index (χ2v) is 7.41. The number of ether oxygens (including phenoxy) is 2. The van der Waals surface area contributed by atoms with Gasteiger partial charge in [0.1, 0.15) is 38.5 Å². The Kier molecular flexibility index (Phi) is 5.77. The van der Waals surface area contributed by atoms with E-state index in [2.05, 4.69) is 28.6 Å². The fourth-order valence-electron chi connectivity index (χ4n) is 4.05. The first-order valence-corrected chi connectivity index (χ1v) is 9.86. The van der Waals surface area contributed by atoms with Gasteiger partial charge in [-0.1, -0.05) is 6.07 Å². The van der Waals surface area contributed by atoms with Gasteiger partial charge < -0.3 is 23.7 Å². The molecule has 3 heterocycles. The van der Waals surface area contributed by atoms with Crippen molar-refractivity contribution in [1.29, 1.82) is 0 Å². The van der Waals surface area contributed by atoms with Crippen LogP contribution in [-0.4, -0.2) is 67.7 Å². The summed E-state index contributed by atoms with van der Waals surface area (Å²) in [6.07, 6.45) is 1.66. The van der Waals surface area contributed by atoms with Crippen LogP contribution in [-0.2, 0) is 6.54 Å². The van der Waals surface area contributed by atoms with E-state index in [-0.39, 0.29) is 6.04 Å². The monoisotopic (exact) mass is 400 g/mol. The highest BCUT2D eigenvalue weighted by Crippen LogP contribution is 2.35. The predicted molar refractivity (Wildman–Crippen MR) is 104 cm³/mol. The van der Waals surface area contributed by atoms with Gasteiger partial charge >= 0.3 is 0 Å². The molecule has 2 N–H and O–H groups in total. The number of para-hydroxylation sites is 1. The Hall–Kier alpha value is -2.91. The van der Waals surface area contributed by atoms with Crippen LogP contribution in [0.25, 0.3) is 0 Å². The Morgan fingerprint density at radius 2 is 1.93 bits per heavy atom. The van der Waals surface area contributed by atoms with E-state index in [9.17, 15) is 0 Å². The van der Waals surface area contributed by atoms with Gasteiger partial charge in [0.25, 0.3) is 0 Å². The number of hydrogen-bond acceptors (Lipinski definition) is 6. The summed E-state index contributed by atoms with van der Waals surface area (Å²) in [5.74, 6) is 3.04. The number of furan rings is 1. The van der Waals surface area contributed by atoms with E-state index in [0.29, 0.717) is 12.3 Å². The van der Waals surface area contributed by atoms with Crippen LogP contribution in [0.3, 0.4) is 0 Å². The van der Waals surface area contributed by atoms with Crippen molar-refractivity contribution in [2.45, 2.75) is 12.6 Å². The lowest BCUT2D eigenvalue weighted by atomic mass is 10.0. The molecule has 0 amide bonds. The summed E-state index contributed by atoms with van der Waals surface area (Å²) in [6, 6.07) is 9.71. The molecule has 1 atom stereocenters. The number of benzene rings is 1. The minimum Gasteiger partial charge on any atom is -0.493 e. The molecule has 0 spiro atoms. The summed E-state index contributed by atoms with van der Waals surface area (Å²) >= 11 is 0. The molecule has 2 aromatic heterocycles. The number of tetrazole rings is 1. The first-order chi connectivity index (χ1) is 14.2. The molecule has 0 radical (unpaired) electrons. The lowest BCUT2D eigenvalue weighted by Gasteiger charge is -2.33. The number of nitrogens with one attached hydrogen (secondary N) is 2. The average Bonchev–Trinajstić information content (AvgIpc) is 3.42. The molecule has 0 bridgehead atoms. The highest BCUT2D eigenvalue weighted by atomic mass is 16.5. The molecule has 9 heteroatoms. The van der Waals surface area contributed by atoms with E-state index >= 15 is 0 Å². The fourth-order valence-corrected chi connectivity index (χ4v) is 4.05. The molecule has 29 heavy (non-hydrogen) atoms. The fraction of sp³-hybridized carbons (Fsp3) is 0.450. The molecule has 0 aliphatic carbocycles. The molecule has 1 aliphatic rings. The summed E-state index contributed by atoms with van der Waals surface area (Å²) in [7, 11) is 5.57. The Labute approximate surface area is 169 Å². The Bertz CT molecular complexity index is 918. The summed E-state index contributed by atoms with van der Waals surface area (Å²) in [5.41, 5.74) is 1.02. The number of rotatable bonds is 7. The maximum atomic E-state index is 5.76. The van der Waals surface area contributed by atoms with E-state index < -0.39 is 0 Å². The van der Waals surface area contributed by atoms with E-state index in [1.54, 1.807) is 25.4 Å². The van der Waals surface area contributed by atoms with E-state index in [0.717, 1.165) is 49.1 Å². The number of piperazine rings is 1. The molecule has 9 nitrogen and oxygen atoms in total. The van der Waals surface area contributed by atoms with Crippen molar-refractivity contribution in [3.63, 3.8) is 0 Å². The number of methoxy groups -OCH3 is 2. The van der Waals surface area contributed by atoms with Gasteiger partial charge in [-0.15, -0.1) is 5.10 Å². The minimum absolute atomic E-state index is 0.0712. The third-order valence-corrected chi connectivity index (χ3v) is 5.60. The number of likely N-dealkylation sites (N-methyl/N-ethyl adjacent to an activating group) is 1. The molecule has 1 fully saturated rings. The first kappa shape index (κ1) is 19.4. The second-order valence-electron chi connectivity index (χ2n) is 7.41. The SMILES string of the molecule is COc1cccc([C@@H](c2nnnn2Cc2ccco2)[NH+]2CC[NH+](C)CC2)c1OC. The Balaban J connectivity index is 1.78. The zero-order valence-electron chi connectivity index (χ0n) is 17.1. The molecule has 4 rings (SSSR count). The van der Waals surface area contributed by atoms with Crippen molar-refractivity contribution in [3.05, 3.63) is 53.7 Å². The molecule has 0 unspecified atom stereocenters. The van der Waals surface area contributed by atoms with Crippen LogP contribution in [0.2, 0.25) is 0 Å². The molecule has 154 valence electrons. The lowest BCUT2D eigenvalue weighted by molar-refractivity contribution is -1.02. The van der Waals surface area contributed by atoms with Crippen LogP contribution in [0.15, 0.2) is 41.0 Å². The molecular formula is C20H28N6O3+2. The van der Waals surface area contributed by atoms with E-state index in [1.165, 1.54) is 4.90 Å². The second kappa shape index (κ2) is 8.62. The average molecular weight is 400 g/mol. The molecule has 3 aromatic rings. The van der Waals surface area contributed by atoms with Crippen LogP contribution >= 0.6 is 0 Å². The Morgan fingerprint density at radius 3 is 2.62 bits per heavy atom. The van der Waals surface area contributed by atoms with Gasteiger partial charge in [-0.3, -0.25) is 0 Å². The lowest BCUT2D eigenvalue weighted by Crippen LogP contribution is -3.27. The largest absolute Gasteiger partial charge is 0.493 e. The summed E-state index contributed by atoms with van der Waals surface area (Å²) < 4.78 is 18.7. The van der Waals surface area contributed by atoms with Crippen molar-refractivity contribution >= 4 is 0 Å². The highest BCUT2D eigenvalue weighted by molar-refractivity contribution is 5.48. The standard InChI is InChI=1S/C20H26N6O3/c1-24-9-11-25(12-10-24)18(16-7-4-8-17(27-2)19(16)28-3)20-21-22-23-26(20)14-15-6-5-13-29-15/h4-8,13,18H,9-12,14H2,1-3H3/p+2/t18-/m0/s1. The highest BCUT2D eigenvalue weighted by Gasteiger charge is 2.37. The molecule has 0 saturated carbocycles. The number of aromatic nitrogens is 4. The van der Waals surface area contributed by atoms with Crippen LogP contribution < -0.4 is 19.3 Å². The third kappa shape index (κ3) is 3.96. The van der Waals surface area contributed by atoms with Gasteiger partial charge in [0, 0.05) is 0 Å². The smallest absolute Gasteiger partial charge is 0.214 e. The van der Waals surface area contributed by atoms with Crippen molar-refractivity contribution in [1.82, 2.24) is 20.2 Å². The van der Waals surface area contributed by atoms with Gasteiger partial charge in [0.15, 0.2) is 17.5 Å². The van der Waals surface area contributed by atoms with Gasteiger partial charge in [-0.25, -0.2) is 4.68 Å². The molecule has 1 aliphatic heterocycles. The van der Waals surface area contributed by atoms with Crippen molar-refractivity contribution < 1.29 is 23.7 Å². The van der Waals surface area contributed by atoms with E-state index in [4.69, 9.17) is 13.9 Å². The van der Waals surface area contributed by atoms with Crippen molar-refractivity contribution in [2.24, 2.45) is 0 Å². The van der Waals surface area contributed by atoms with Gasteiger partial charge in [-0.2, -0.15) is 0 Å². The van der Waals surface area contributed by atoms with Gasteiger partial charge in [0.05, 0.1) is 33.1 Å². The normalized spacial score (nSPS) is 20.4. The van der Waals surface area contributed by atoms with Crippen LogP contribution in [0, 0.1) is 0 Å². The molecule has 1 aromatic carbocycles. The molecular weight excluding hydrogens is 372 g/mol. The maximum absolute atomic E-state index is 5.76. The summed E-state index contributed by atoms with van der Waals surface area (Å²) in [6.45, 7) is 4.71. The quantitative estimate of drug-likeness (QED) is 0.520. The number of nitrogens with zero attached hydrogens (tertiary/aromatic N) is 4. The van der Waals surface area contributed by atoms with Gasteiger partial charge in [-0.05, 0) is 34.7 Å². The molecule has 1 saturated heterocycles. The van der Waals surface area contributed by atoms with Gasteiger partial charge in [0.2, 0.25) is 5.82 Å². The predicted octanol–water partition coefficient (Wildman–Crippen LogP) is -1.17. The zero-order valence-corrected chi connectivity index (χ0v) is 17.1. The van der Waals surface area contributed by atoms with E-state index in [1.807, 2.05) is 28.9 Å². The van der Waals surface area contributed by atoms with Crippen LogP contribution in [0.1, 0.15) is 23.2 Å². The Morgan fingerprint density at radius 1 is 1.10 bits per heavy atom. The number of quaternary nitrogens is 2. The minimum atomic E-state index is -0.0712. The summed E-state index contributed by atoms with van der Waals surface area (Å²) in [5, 5.41) is 12.7. The van der Waals surface area contributed by atoms with Crippen LogP contribution in [0.5, 0.6) is 11.5 Å². The first-order valence-electron chi connectivity index (χ1n) is 9.86. The topological polar surface area (TPSA) is 84.1 Å². The maximum Gasteiger partial charge on any atom is 0.214 e.